The molecule has 106 valence electrons. The Morgan fingerprint density at radius 2 is 1.95 bits per heavy atom. The van der Waals surface area contributed by atoms with Gasteiger partial charge in [0.05, 0.1) is 6.61 Å². The van der Waals surface area contributed by atoms with Crippen LogP contribution < -0.4 is 0 Å². The van der Waals surface area contributed by atoms with Crippen LogP contribution in [-0.4, -0.2) is 19.7 Å². The van der Waals surface area contributed by atoms with E-state index in [-0.39, 0.29) is 5.97 Å². The van der Waals surface area contributed by atoms with E-state index in [1.54, 1.807) is 0 Å². The second-order valence-corrected chi connectivity index (χ2v) is 4.85. The first-order valence-corrected chi connectivity index (χ1v) is 6.93. The van der Waals surface area contributed by atoms with Crippen LogP contribution >= 0.6 is 0 Å². The molecule has 0 aromatic heterocycles. The molecule has 0 bridgehead atoms. The second-order valence-electron chi connectivity index (χ2n) is 4.85. The lowest BCUT2D eigenvalue weighted by Gasteiger charge is -2.15. The Bertz CT molecular complexity index is 362. The van der Waals surface area contributed by atoms with Crippen molar-refractivity contribution in [2.45, 2.75) is 39.2 Å². The summed E-state index contributed by atoms with van der Waals surface area (Å²) >= 11 is 0. The third-order valence-electron chi connectivity index (χ3n) is 3.33. The molecular formula is C16H24O3. The van der Waals surface area contributed by atoms with Crippen LogP contribution in [0.2, 0.25) is 0 Å². The Hall–Kier alpha value is -1.35. The number of rotatable bonds is 8. The fourth-order valence-electron chi connectivity index (χ4n) is 1.88. The Kier molecular flexibility index (Phi) is 7.19. The van der Waals surface area contributed by atoms with Crippen molar-refractivity contribution in [2.75, 3.05) is 13.7 Å². The van der Waals surface area contributed by atoms with Crippen LogP contribution in [0, 0.1) is 5.92 Å². The molecule has 19 heavy (non-hydrogen) atoms. The normalized spacial score (nSPS) is 13.8. The van der Waals surface area contributed by atoms with Crippen molar-refractivity contribution >= 4 is 5.97 Å². The van der Waals surface area contributed by atoms with E-state index in [1.807, 2.05) is 30.3 Å². The van der Waals surface area contributed by atoms with E-state index in [9.17, 15) is 4.79 Å². The predicted octanol–water partition coefficient (Wildman–Crippen LogP) is 3.74. The summed E-state index contributed by atoms with van der Waals surface area (Å²) in [7, 11) is 1.53. The Morgan fingerprint density at radius 3 is 2.53 bits per heavy atom. The predicted molar refractivity (Wildman–Crippen MR) is 75.8 cm³/mol. The van der Waals surface area contributed by atoms with Gasteiger partial charge in [0.15, 0.2) is 6.10 Å². The number of carbonyl (C=O) groups is 1. The summed E-state index contributed by atoms with van der Waals surface area (Å²) < 4.78 is 10.5. The van der Waals surface area contributed by atoms with Crippen LogP contribution in [0.3, 0.4) is 0 Å². The fourth-order valence-corrected chi connectivity index (χ4v) is 1.88. The monoisotopic (exact) mass is 264 g/mol. The van der Waals surface area contributed by atoms with Gasteiger partial charge in [-0.15, -0.1) is 0 Å². The van der Waals surface area contributed by atoms with E-state index in [4.69, 9.17) is 9.47 Å². The average Bonchev–Trinajstić information content (AvgIpc) is 2.45. The van der Waals surface area contributed by atoms with Gasteiger partial charge >= 0.3 is 5.97 Å². The minimum Gasteiger partial charge on any atom is -0.464 e. The van der Waals surface area contributed by atoms with Gasteiger partial charge in [-0.2, -0.15) is 0 Å². The van der Waals surface area contributed by atoms with Gasteiger partial charge < -0.3 is 9.47 Å². The summed E-state index contributed by atoms with van der Waals surface area (Å²) in [6, 6.07) is 9.42. The lowest BCUT2D eigenvalue weighted by Crippen LogP contribution is -2.18. The largest absolute Gasteiger partial charge is 0.464 e. The zero-order chi connectivity index (χ0) is 14.1. The minimum atomic E-state index is -0.621. The number of hydrogen-bond donors (Lipinski definition) is 0. The molecule has 1 aromatic rings. The number of hydrogen-bond acceptors (Lipinski definition) is 3. The van der Waals surface area contributed by atoms with Crippen molar-refractivity contribution in [3.05, 3.63) is 35.9 Å². The first kappa shape index (κ1) is 15.7. The zero-order valence-electron chi connectivity index (χ0n) is 12.1. The molecule has 3 heteroatoms. The fraction of sp³-hybridized carbons (Fsp3) is 0.562. The standard InChI is InChI=1S/C16H24O3/c1-4-13(2)9-8-12-19-16(17)15(18-3)14-10-6-5-7-11-14/h5-7,10-11,13,15H,4,8-9,12H2,1-3H3. The van der Waals surface area contributed by atoms with Gasteiger partial charge in [-0.1, -0.05) is 50.6 Å². The number of benzene rings is 1. The lowest BCUT2D eigenvalue weighted by molar-refractivity contribution is -0.156. The van der Waals surface area contributed by atoms with Gasteiger partial charge in [0, 0.05) is 7.11 Å². The maximum atomic E-state index is 11.9. The molecule has 0 aliphatic carbocycles. The van der Waals surface area contributed by atoms with Gasteiger partial charge in [0.1, 0.15) is 0 Å². The highest BCUT2D eigenvalue weighted by atomic mass is 16.6. The van der Waals surface area contributed by atoms with E-state index in [2.05, 4.69) is 13.8 Å². The molecule has 2 unspecified atom stereocenters. The summed E-state index contributed by atoms with van der Waals surface area (Å²) in [5, 5.41) is 0. The molecule has 0 saturated heterocycles. The molecule has 0 N–H and O–H groups in total. The van der Waals surface area contributed by atoms with Gasteiger partial charge in [0.2, 0.25) is 0 Å². The maximum Gasteiger partial charge on any atom is 0.339 e. The molecule has 0 aliphatic heterocycles. The van der Waals surface area contributed by atoms with Crippen molar-refractivity contribution in [3.8, 4) is 0 Å². The quantitative estimate of drug-likeness (QED) is 0.530. The van der Waals surface area contributed by atoms with Crippen LogP contribution in [0.4, 0.5) is 0 Å². The molecule has 0 spiro atoms. The van der Waals surface area contributed by atoms with Gasteiger partial charge in [-0.3, -0.25) is 0 Å². The Labute approximate surface area is 115 Å². The van der Waals surface area contributed by atoms with Crippen molar-refractivity contribution in [3.63, 3.8) is 0 Å². The Morgan fingerprint density at radius 1 is 1.26 bits per heavy atom. The van der Waals surface area contributed by atoms with Crippen LogP contribution in [0.1, 0.15) is 44.8 Å². The van der Waals surface area contributed by atoms with Crippen molar-refractivity contribution in [1.82, 2.24) is 0 Å². The van der Waals surface area contributed by atoms with Crippen LogP contribution in [0.15, 0.2) is 30.3 Å². The van der Waals surface area contributed by atoms with Crippen molar-refractivity contribution in [1.29, 1.82) is 0 Å². The van der Waals surface area contributed by atoms with Gasteiger partial charge in [-0.25, -0.2) is 4.79 Å². The van der Waals surface area contributed by atoms with E-state index in [1.165, 1.54) is 13.5 Å². The smallest absolute Gasteiger partial charge is 0.339 e. The number of methoxy groups -OCH3 is 1. The number of esters is 1. The molecule has 0 fully saturated rings. The Balaban J connectivity index is 2.39. The molecule has 1 rings (SSSR count). The van der Waals surface area contributed by atoms with Crippen molar-refractivity contribution in [2.24, 2.45) is 5.92 Å². The number of carbonyl (C=O) groups excluding carboxylic acids is 1. The lowest BCUT2D eigenvalue weighted by atomic mass is 10.0. The molecule has 2 atom stereocenters. The van der Waals surface area contributed by atoms with Crippen LogP contribution in [-0.2, 0) is 14.3 Å². The van der Waals surface area contributed by atoms with Gasteiger partial charge in [0.25, 0.3) is 0 Å². The average molecular weight is 264 g/mol. The number of ether oxygens (including phenoxy) is 2. The maximum absolute atomic E-state index is 11.9. The highest BCUT2D eigenvalue weighted by Crippen LogP contribution is 2.18. The topological polar surface area (TPSA) is 35.5 Å². The first-order valence-electron chi connectivity index (χ1n) is 6.93. The summed E-state index contributed by atoms with van der Waals surface area (Å²) in [6.07, 6.45) is 2.54. The van der Waals surface area contributed by atoms with Crippen molar-refractivity contribution < 1.29 is 14.3 Å². The summed E-state index contributed by atoms with van der Waals surface area (Å²) in [4.78, 5) is 11.9. The van der Waals surface area contributed by atoms with E-state index in [0.29, 0.717) is 12.5 Å². The molecule has 0 amide bonds. The first-order chi connectivity index (χ1) is 9.19. The molecule has 3 nitrogen and oxygen atoms in total. The van der Waals surface area contributed by atoms with Gasteiger partial charge in [-0.05, 0) is 24.3 Å². The molecular weight excluding hydrogens is 240 g/mol. The summed E-state index contributed by atoms with van der Waals surface area (Å²) in [5.41, 5.74) is 0.830. The molecule has 1 aromatic carbocycles. The molecule has 0 aliphatic rings. The third-order valence-corrected chi connectivity index (χ3v) is 3.33. The van der Waals surface area contributed by atoms with E-state index < -0.39 is 6.10 Å². The zero-order valence-corrected chi connectivity index (χ0v) is 12.1. The van der Waals surface area contributed by atoms with E-state index in [0.717, 1.165) is 18.4 Å². The van der Waals surface area contributed by atoms with E-state index >= 15 is 0 Å². The second kappa shape index (κ2) is 8.70. The SMILES string of the molecule is CCC(C)CCCOC(=O)C(OC)c1ccccc1. The third kappa shape index (κ3) is 5.43. The summed E-state index contributed by atoms with van der Waals surface area (Å²) in [5.74, 6) is 0.379. The molecule has 0 radical (unpaired) electrons. The minimum absolute atomic E-state index is 0.308. The summed E-state index contributed by atoms with van der Waals surface area (Å²) in [6.45, 7) is 4.85. The highest BCUT2D eigenvalue weighted by Gasteiger charge is 2.21. The molecule has 0 heterocycles. The highest BCUT2D eigenvalue weighted by molar-refractivity contribution is 5.76. The van der Waals surface area contributed by atoms with Crippen LogP contribution in [0.25, 0.3) is 0 Å². The molecule has 0 saturated carbocycles. The van der Waals surface area contributed by atoms with Crippen LogP contribution in [0.5, 0.6) is 0 Å².